The highest BCUT2D eigenvalue weighted by Crippen LogP contribution is 2.20. The van der Waals surface area contributed by atoms with Crippen LogP contribution in [0.25, 0.3) is 0 Å². The first kappa shape index (κ1) is 10.4. The van der Waals surface area contributed by atoms with E-state index in [0.717, 1.165) is 22.7 Å². The van der Waals surface area contributed by atoms with Gasteiger partial charge in [0.2, 0.25) is 0 Å². The monoisotopic (exact) mass is 215 g/mol. The molecule has 0 spiro atoms. The Kier molecular flexibility index (Phi) is 3.00. The van der Waals surface area contributed by atoms with Crippen molar-refractivity contribution in [2.75, 3.05) is 5.73 Å². The topological polar surface area (TPSA) is 61.0 Å². The first-order valence-corrected chi connectivity index (χ1v) is 4.99. The molecule has 0 atom stereocenters. The number of rotatable bonds is 3. The van der Waals surface area contributed by atoms with Crippen LogP contribution in [0.5, 0.6) is 5.75 Å². The van der Waals surface area contributed by atoms with Crippen molar-refractivity contribution in [2.24, 2.45) is 0 Å². The Hall–Kier alpha value is -2.10. The summed E-state index contributed by atoms with van der Waals surface area (Å²) >= 11 is 0. The summed E-state index contributed by atoms with van der Waals surface area (Å²) in [6.45, 7) is 2.38. The third-order valence-electron chi connectivity index (χ3n) is 2.19. The van der Waals surface area contributed by atoms with E-state index in [1.807, 2.05) is 25.1 Å². The van der Waals surface area contributed by atoms with E-state index >= 15 is 0 Å². The summed E-state index contributed by atoms with van der Waals surface area (Å²) in [6.07, 6.45) is 4.97. The molecule has 0 saturated carbocycles. The number of nitrogens with zero attached hydrogens (tertiary/aromatic N) is 2. The smallest absolute Gasteiger partial charge is 0.132 e. The second-order valence-electron chi connectivity index (χ2n) is 3.51. The van der Waals surface area contributed by atoms with Crippen molar-refractivity contribution in [3.05, 3.63) is 48.0 Å². The normalized spacial score (nSPS) is 10.1. The Morgan fingerprint density at radius 3 is 2.88 bits per heavy atom. The lowest BCUT2D eigenvalue weighted by atomic mass is 10.2. The number of aryl methyl sites for hydroxylation is 1. The molecule has 0 amide bonds. The minimum atomic E-state index is 0.415. The largest absolute Gasteiger partial charge is 0.487 e. The van der Waals surface area contributed by atoms with Crippen molar-refractivity contribution in [3.8, 4) is 5.75 Å². The van der Waals surface area contributed by atoms with Gasteiger partial charge in [-0.15, -0.1) is 0 Å². The standard InChI is InChI=1S/C12H13N3O/c1-9-6-10(13)2-3-12(9)16-8-11-7-14-4-5-15-11/h2-7H,8,13H2,1H3. The van der Waals surface area contributed by atoms with Crippen molar-refractivity contribution in [1.82, 2.24) is 9.97 Å². The van der Waals surface area contributed by atoms with E-state index in [9.17, 15) is 0 Å². The molecule has 0 aliphatic carbocycles. The van der Waals surface area contributed by atoms with Gasteiger partial charge in [0, 0.05) is 18.1 Å². The van der Waals surface area contributed by atoms with Gasteiger partial charge < -0.3 is 10.5 Å². The number of nitrogens with two attached hydrogens (primary N) is 1. The highest BCUT2D eigenvalue weighted by molar-refractivity contribution is 5.47. The fraction of sp³-hybridized carbons (Fsp3) is 0.167. The van der Waals surface area contributed by atoms with Gasteiger partial charge in [0.1, 0.15) is 12.4 Å². The van der Waals surface area contributed by atoms with Crippen LogP contribution < -0.4 is 10.5 Å². The third kappa shape index (κ3) is 2.48. The maximum Gasteiger partial charge on any atom is 0.132 e. The van der Waals surface area contributed by atoms with Gasteiger partial charge in [-0.25, -0.2) is 0 Å². The van der Waals surface area contributed by atoms with Crippen molar-refractivity contribution in [1.29, 1.82) is 0 Å². The number of hydrogen-bond acceptors (Lipinski definition) is 4. The number of ether oxygens (including phenoxy) is 1. The fourth-order valence-electron chi connectivity index (χ4n) is 1.39. The Balaban J connectivity index is 2.05. The molecular weight excluding hydrogens is 202 g/mol. The van der Waals surface area contributed by atoms with Gasteiger partial charge in [-0.1, -0.05) is 0 Å². The van der Waals surface area contributed by atoms with Crippen LogP contribution >= 0.6 is 0 Å². The Morgan fingerprint density at radius 1 is 1.31 bits per heavy atom. The van der Waals surface area contributed by atoms with Gasteiger partial charge in [0.25, 0.3) is 0 Å². The number of anilines is 1. The number of hydrogen-bond donors (Lipinski definition) is 1. The average molecular weight is 215 g/mol. The predicted molar refractivity (Wildman–Crippen MR) is 62.0 cm³/mol. The molecule has 0 radical (unpaired) electrons. The van der Waals surface area contributed by atoms with Crippen LogP contribution in [-0.4, -0.2) is 9.97 Å². The van der Waals surface area contributed by atoms with Gasteiger partial charge in [-0.05, 0) is 30.7 Å². The summed E-state index contributed by atoms with van der Waals surface area (Å²) in [7, 11) is 0. The maximum absolute atomic E-state index is 5.66. The minimum absolute atomic E-state index is 0.415. The van der Waals surface area contributed by atoms with Crippen LogP contribution in [0, 0.1) is 6.92 Å². The number of aromatic nitrogens is 2. The number of nitrogen functional groups attached to an aromatic ring is 1. The van der Waals surface area contributed by atoms with E-state index in [1.165, 1.54) is 0 Å². The van der Waals surface area contributed by atoms with Crippen LogP contribution in [0.1, 0.15) is 11.3 Å². The average Bonchev–Trinajstić information content (AvgIpc) is 2.29. The van der Waals surface area contributed by atoms with Crippen LogP contribution in [0.4, 0.5) is 5.69 Å². The molecule has 0 unspecified atom stereocenters. The molecule has 2 rings (SSSR count). The van der Waals surface area contributed by atoms with Gasteiger partial charge in [0.15, 0.2) is 0 Å². The summed E-state index contributed by atoms with van der Waals surface area (Å²) in [6, 6.07) is 5.56. The molecule has 1 aromatic heterocycles. The molecule has 2 N–H and O–H groups in total. The number of benzene rings is 1. The molecule has 1 aromatic carbocycles. The van der Waals surface area contributed by atoms with Crippen LogP contribution in [0.2, 0.25) is 0 Å². The summed E-state index contributed by atoms with van der Waals surface area (Å²) in [4.78, 5) is 8.10. The lowest BCUT2D eigenvalue weighted by molar-refractivity contribution is 0.299. The Morgan fingerprint density at radius 2 is 2.19 bits per heavy atom. The maximum atomic E-state index is 5.66. The lowest BCUT2D eigenvalue weighted by Gasteiger charge is -2.08. The second-order valence-corrected chi connectivity index (χ2v) is 3.51. The van der Waals surface area contributed by atoms with E-state index in [-0.39, 0.29) is 0 Å². The zero-order valence-electron chi connectivity index (χ0n) is 9.05. The summed E-state index contributed by atoms with van der Waals surface area (Å²) in [5, 5.41) is 0. The molecular formula is C12H13N3O. The third-order valence-corrected chi connectivity index (χ3v) is 2.19. The molecule has 0 aliphatic rings. The molecule has 2 aromatic rings. The van der Waals surface area contributed by atoms with Crippen molar-refractivity contribution in [2.45, 2.75) is 13.5 Å². The molecule has 0 saturated heterocycles. The summed E-state index contributed by atoms with van der Waals surface area (Å²) in [5.41, 5.74) is 8.22. The summed E-state index contributed by atoms with van der Waals surface area (Å²) in [5.74, 6) is 0.819. The Bertz CT molecular complexity index is 471. The fourth-order valence-corrected chi connectivity index (χ4v) is 1.39. The highest BCUT2D eigenvalue weighted by Gasteiger charge is 2.01. The molecule has 4 nitrogen and oxygen atoms in total. The van der Waals surface area contributed by atoms with E-state index < -0.39 is 0 Å². The first-order valence-electron chi connectivity index (χ1n) is 4.99. The zero-order valence-corrected chi connectivity index (χ0v) is 9.05. The molecule has 0 aliphatic heterocycles. The van der Waals surface area contributed by atoms with Crippen molar-refractivity contribution >= 4 is 5.69 Å². The summed E-state index contributed by atoms with van der Waals surface area (Å²) < 4.78 is 5.62. The van der Waals surface area contributed by atoms with E-state index in [2.05, 4.69) is 9.97 Å². The highest BCUT2D eigenvalue weighted by atomic mass is 16.5. The van der Waals surface area contributed by atoms with Gasteiger partial charge in [0.05, 0.1) is 11.9 Å². The molecule has 82 valence electrons. The quantitative estimate of drug-likeness (QED) is 0.795. The lowest BCUT2D eigenvalue weighted by Crippen LogP contribution is -2.00. The molecule has 16 heavy (non-hydrogen) atoms. The second kappa shape index (κ2) is 4.61. The molecule has 1 heterocycles. The van der Waals surface area contributed by atoms with Gasteiger partial charge >= 0.3 is 0 Å². The van der Waals surface area contributed by atoms with Gasteiger partial charge in [-0.3, -0.25) is 9.97 Å². The minimum Gasteiger partial charge on any atom is -0.487 e. The zero-order chi connectivity index (χ0) is 11.4. The van der Waals surface area contributed by atoms with Gasteiger partial charge in [-0.2, -0.15) is 0 Å². The van der Waals surface area contributed by atoms with E-state index in [0.29, 0.717) is 6.61 Å². The first-order chi connectivity index (χ1) is 7.75. The Labute approximate surface area is 94.1 Å². The predicted octanol–water partition coefficient (Wildman–Crippen LogP) is 1.95. The molecule has 4 heteroatoms. The van der Waals surface area contributed by atoms with Crippen LogP contribution in [0.3, 0.4) is 0 Å². The van der Waals surface area contributed by atoms with Crippen LogP contribution in [-0.2, 0) is 6.61 Å². The van der Waals surface area contributed by atoms with Crippen molar-refractivity contribution < 1.29 is 4.74 Å². The van der Waals surface area contributed by atoms with E-state index in [4.69, 9.17) is 10.5 Å². The SMILES string of the molecule is Cc1cc(N)ccc1OCc1cnccn1. The van der Waals surface area contributed by atoms with E-state index in [1.54, 1.807) is 18.6 Å². The molecule has 0 bridgehead atoms. The molecule has 0 fully saturated rings. The van der Waals surface area contributed by atoms with Crippen molar-refractivity contribution in [3.63, 3.8) is 0 Å². The van der Waals surface area contributed by atoms with Crippen LogP contribution in [0.15, 0.2) is 36.8 Å².